The zero-order valence-electron chi connectivity index (χ0n) is 10.3. The van der Waals surface area contributed by atoms with E-state index in [-0.39, 0.29) is 12.4 Å². The minimum atomic E-state index is -0.230. The van der Waals surface area contributed by atoms with E-state index in [1.807, 2.05) is 0 Å². The largest absolute Gasteiger partial charge is 0.396 e. The van der Waals surface area contributed by atoms with E-state index in [1.54, 1.807) is 6.07 Å². The predicted molar refractivity (Wildman–Crippen MR) is 71.3 cm³/mol. The lowest BCUT2D eigenvalue weighted by molar-refractivity contribution is 0.184. The average molecular weight is 304 g/mol. The summed E-state index contributed by atoms with van der Waals surface area (Å²) in [7, 11) is 0. The molecule has 0 radical (unpaired) electrons. The Kier molecular flexibility index (Phi) is 6.09. The van der Waals surface area contributed by atoms with Gasteiger partial charge in [-0.25, -0.2) is 4.39 Å². The Morgan fingerprint density at radius 3 is 2.65 bits per heavy atom. The molecule has 2 nitrogen and oxygen atoms in total. The molecular weight excluding hydrogens is 285 g/mol. The smallest absolute Gasteiger partial charge is 0.124 e. The first-order valence-electron chi connectivity index (χ1n) is 5.83. The SMILES string of the molecule is CC(C)N(CCCO)Cc1ccc(F)cc1Br. The topological polar surface area (TPSA) is 23.5 Å². The van der Waals surface area contributed by atoms with E-state index in [0.717, 1.165) is 29.5 Å². The fourth-order valence-corrected chi connectivity index (χ4v) is 2.14. The second-order valence-corrected chi connectivity index (χ2v) is 5.23. The van der Waals surface area contributed by atoms with Crippen molar-refractivity contribution in [3.05, 3.63) is 34.1 Å². The van der Waals surface area contributed by atoms with Crippen molar-refractivity contribution in [3.63, 3.8) is 0 Å². The average Bonchev–Trinajstić information content (AvgIpc) is 2.26. The van der Waals surface area contributed by atoms with Gasteiger partial charge in [0.05, 0.1) is 0 Å². The molecule has 0 aliphatic rings. The Morgan fingerprint density at radius 1 is 1.41 bits per heavy atom. The Hall–Kier alpha value is -0.450. The lowest BCUT2D eigenvalue weighted by Crippen LogP contribution is -2.31. The summed E-state index contributed by atoms with van der Waals surface area (Å²) in [6, 6.07) is 5.16. The molecule has 4 heteroatoms. The van der Waals surface area contributed by atoms with E-state index in [1.165, 1.54) is 12.1 Å². The molecule has 0 heterocycles. The van der Waals surface area contributed by atoms with Gasteiger partial charge in [-0.15, -0.1) is 0 Å². The number of benzene rings is 1. The van der Waals surface area contributed by atoms with Crippen molar-refractivity contribution in [2.24, 2.45) is 0 Å². The second-order valence-electron chi connectivity index (χ2n) is 4.38. The van der Waals surface area contributed by atoms with Gasteiger partial charge in [0.2, 0.25) is 0 Å². The maximum atomic E-state index is 13.0. The summed E-state index contributed by atoms with van der Waals surface area (Å²) in [5.74, 6) is -0.230. The van der Waals surface area contributed by atoms with E-state index in [0.29, 0.717) is 6.04 Å². The summed E-state index contributed by atoms with van der Waals surface area (Å²) in [5, 5.41) is 8.87. The minimum absolute atomic E-state index is 0.202. The van der Waals surface area contributed by atoms with E-state index < -0.39 is 0 Å². The molecule has 0 amide bonds. The van der Waals surface area contributed by atoms with Gasteiger partial charge in [0, 0.05) is 30.2 Å². The van der Waals surface area contributed by atoms with Crippen LogP contribution in [0.15, 0.2) is 22.7 Å². The molecule has 0 aliphatic heterocycles. The molecule has 17 heavy (non-hydrogen) atoms. The lowest BCUT2D eigenvalue weighted by atomic mass is 10.2. The molecule has 0 fully saturated rings. The van der Waals surface area contributed by atoms with Gasteiger partial charge in [-0.2, -0.15) is 0 Å². The van der Waals surface area contributed by atoms with Gasteiger partial charge < -0.3 is 5.11 Å². The number of hydrogen-bond donors (Lipinski definition) is 1. The first-order chi connectivity index (χ1) is 8.04. The van der Waals surface area contributed by atoms with Crippen LogP contribution in [0.5, 0.6) is 0 Å². The van der Waals surface area contributed by atoms with Gasteiger partial charge in [0.1, 0.15) is 5.82 Å². The van der Waals surface area contributed by atoms with Crippen molar-refractivity contribution in [3.8, 4) is 0 Å². The standard InChI is InChI=1S/C13H19BrFNO/c1-10(2)16(6-3-7-17)9-11-4-5-12(15)8-13(11)14/h4-5,8,10,17H,3,6-7,9H2,1-2H3. The first-order valence-corrected chi connectivity index (χ1v) is 6.62. The van der Waals surface area contributed by atoms with Crippen molar-refractivity contribution < 1.29 is 9.50 Å². The minimum Gasteiger partial charge on any atom is -0.396 e. The maximum Gasteiger partial charge on any atom is 0.124 e. The van der Waals surface area contributed by atoms with Crippen molar-refractivity contribution in [1.29, 1.82) is 0 Å². The lowest BCUT2D eigenvalue weighted by Gasteiger charge is -2.26. The molecule has 0 atom stereocenters. The summed E-state index contributed by atoms with van der Waals surface area (Å²) in [4.78, 5) is 2.26. The molecule has 0 spiro atoms. The van der Waals surface area contributed by atoms with Crippen LogP contribution < -0.4 is 0 Å². The van der Waals surface area contributed by atoms with Gasteiger partial charge >= 0.3 is 0 Å². The highest BCUT2D eigenvalue weighted by atomic mass is 79.9. The van der Waals surface area contributed by atoms with Crippen LogP contribution in [-0.2, 0) is 6.54 Å². The van der Waals surface area contributed by atoms with Crippen molar-refractivity contribution in [1.82, 2.24) is 4.90 Å². The molecule has 1 aromatic carbocycles. The van der Waals surface area contributed by atoms with E-state index in [9.17, 15) is 4.39 Å². The summed E-state index contributed by atoms with van der Waals surface area (Å²) >= 11 is 3.38. The predicted octanol–water partition coefficient (Wildman–Crippen LogP) is 3.18. The number of aliphatic hydroxyl groups is 1. The van der Waals surface area contributed by atoms with Gasteiger partial charge in [0.15, 0.2) is 0 Å². The fourth-order valence-electron chi connectivity index (χ4n) is 1.66. The highest BCUT2D eigenvalue weighted by Gasteiger charge is 2.11. The zero-order chi connectivity index (χ0) is 12.8. The van der Waals surface area contributed by atoms with E-state index in [2.05, 4.69) is 34.7 Å². The van der Waals surface area contributed by atoms with Crippen molar-refractivity contribution in [2.75, 3.05) is 13.2 Å². The van der Waals surface area contributed by atoms with Gasteiger partial charge in [-0.3, -0.25) is 4.90 Å². The third-order valence-electron chi connectivity index (χ3n) is 2.72. The molecule has 0 bridgehead atoms. The van der Waals surface area contributed by atoms with Crippen LogP contribution in [0.3, 0.4) is 0 Å². The molecule has 0 aromatic heterocycles. The summed E-state index contributed by atoms with van der Waals surface area (Å²) in [6.45, 7) is 6.05. The Morgan fingerprint density at radius 2 is 2.12 bits per heavy atom. The Balaban J connectivity index is 2.71. The maximum absolute atomic E-state index is 13.0. The quantitative estimate of drug-likeness (QED) is 0.872. The third kappa shape index (κ3) is 4.74. The highest BCUT2D eigenvalue weighted by Crippen LogP contribution is 2.20. The summed E-state index contributed by atoms with van der Waals surface area (Å²) in [6.07, 6.45) is 0.761. The molecule has 1 aromatic rings. The van der Waals surface area contributed by atoms with Crippen LogP contribution in [-0.4, -0.2) is 29.2 Å². The molecule has 0 unspecified atom stereocenters. The first kappa shape index (κ1) is 14.6. The molecule has 1 N–H and O–H groups in total. The summed E-state index contributed by atoms with van der Waals surface area (Å²) in [5.41, 5.74) is 1.07. The van der Waals surface area contributed by atoms with E-state index >= 15 is 0 Å². The van der Waals surface area contributed by atoms with Crippen molar-refractivity contribution in [2.45, 2.75) is 32.9 Å². The zero-order valence-corrected chi connectivity index (χ0v) is 11.9. The van der Waals surface area contributed by atoms with Crippen LogP contribution in [0.4, 0.5) is 4.39 Å². The highest BCUT2D eigenvalue weighted by molar-refractivity contribution is 9.10. The fraction of sp³-hybridized carbons (Fsp3) is 0.538. The number of hydrogen-bond acceptors (Lipinski definition) is 2. The van der Waals surface area contributed by atoms with Crippen molar-refractivity contribution >= 4 is 15.9 Å². The molecular formula is C13H19BrFNO. The number of aliphatic hydroxyl groups excluding tert-OH is 1. The molecule has 0 saturated carbocycles. The number of rotatable bonds is 6. The monoisotopic (exact) mass is 303 g/mol. The molecule has 96 valence electrons. The van der Waals surface area contributed by atoms with Crippen LogP contribution in [0.2, 0.25) is 0 Å². The van der Waals surface area contributed by atoms with Crippen LogP contribution in [0.1, 0.15) is 25.8 Å². The van der Waals surface area contributed by atoms with Crippen LogP contribution >= 0.6 is 15.9 Å². The van der Waals surface area contributed by atoms with Gasteiger partial charge in [0.25, 0.3) is 0 Å². The number of nitrogens with zero attached hydrogens (tertiary/aromatic N) is 1. The molecule has 0 aliphatic carbocycles. The van der Waals surface area contributed by atoms with Crippen LogP contribution in [0.25, 0.3) is 0 Å². The van der Waals surface area contributed by atoms with E-state index in [4.69, 9.17) is 5.11 Å². The number of halogens is 2. The molecule has 1 rings (SSSR count). The Labute approximate surface area is 111 Å². The Bertz CT molecular complexity index is 357. The van der Waals surface area contributed by atoms with Gasteiger partial charge in [-0.05, 0) is 38.0 Å². The second kappa shape index (κ2) is 7.09. The molecule has 0 saturated heterocycles. The van der Waals surface area contributed by atoms with Crippen LogP contribution in [0, 0.1) is 5.82 Å². The third-order valence-corrected chi connectivity index (χ3v) is 3.46. The normalized spacial score (nSPS) is 11.5. The summed E-state index contributed by atoms with van der Waals surface area (Å²) < 4.78 is 13.8. The van der Waals surface area contributed by atoms with Gasteiger partial charge in [-0.1, -0.05) is 22.0 Å².